The second-order valence-corrected chi connectivity index (χ2v) is 10.9. The number of likely N-dealkylation sites (tertiary alicyclic amines) is 1. The Hall–Kier alpha value is -3.07. The van der Waals surface area contributed by atoms with Gasteiger partial charge in [-0.2, -0.15) is 5.26 Å². The summed E-state index contributed by atoms with van der Waals surface area (Å²) < 4.78 is 5.55. The third-order valence-corrected chi connectivity index (χ3v) is 9.05. The Morgan fingerprint density at radius 3 is 2.36 bits per heavy atom. The van der Waals surface area contributed by atoms with Gasteiger partial charge in [-0.15, -0.1) is 0 Å². The van der Waals surface area contributed by atoms with E-state index in [1.165, 1.54) is 15.4 Å². The number of ether oxygens (including phenoxy) is 1. The monoisotopic (exact) mass is 496 g/mol. The smallest absolute Gasteiger partial charge is 0.316 e. The lowest BCUT2D eigenvalue weighted by Crippen LogP contribution is -2.49. The van der Waals surface area contributed by atoms with Crippen LogP contribution in [-0.4, -0.2) is 37.1 Å². The standard InChI is InChI=1S/C31H32N2O2S/c1-2-35-29(34)31(25-11-4-3-5-12-25)17-20-33(21-18-31)19-16-30(23-32)22-24-10-6-8-14-27(24)36-28-15-9-7-13-26(28)30/h3-15H,2,16-22H2,1H3. The first-order valence-corrected chi connectivity index (χ1v) is 13.6. The molecule has 0 bridgehead atoms. The Morgan fingerprint density at radius 2 is 1.64 bits per heavy atom. The Kier molecular flexibility index (Phi) is 7.18. The number of benzene rings is 3. The number of carbonyl (C=O) groups excluding carboxylic acids is 1. The molecule has 2 aliphatic heterocycles. The van der Waals surface area contributed by atoms with Crippen molar-refractivity contribution in [2.75, 3.05) is 26.2 Å². The summed E-state index contributed by atoms with van der Waals surface area (Å²) in [6.45, 7) is 4.70. The van der Waals surface area contributed by atoms with Crippen LogP contribution in [-0.2, 0) is 26.8 Å². The number of carbonyl (C=O) groups is 1. The lowest BCUT2D eigenvalue weighted by Gasteiger charge is -2.41. The van der Waals surface area contributed by atoms with Gasteiger partial charge in [0.15, 0.2) is 0 Å². The molecule has 0 aromatic heterocycles. The molecule has 3 aromatic rings. The van der Waals surface area contributed by atoms with Gasteiger partial charge in [-0.25, -0.2) is 0 Å². The second-order valence-electron chi connectivity index (χ2n) is 9.84. The molecule has 1 unspecified atom stereocenters. The Morgan fingerprint density at radius 1 is 0.972 bits per heavy atom. The third kappa shape index (κ3) is 4.56. The summed E-state index contributed by atoms with van der Waals surface area (Å²) in [4.78, 5) is 18.0. The number of nitriles is 1. The molecule has 2 aliphatic rings. The van der Waals surface area contributed by atoms with Gasteiger partial charge >= 0.3 is 5.97 Å². The minimum atomic E-state index is -0.592. The van der Waals surface area contributed by atoms with Crippen LogP contribution >= 0.6 is 11.8 Å². The van der Waals surface area contributed by atoms with Crippen molar-refractivity contribution in [1.29, 1.82) is 5.26 Å². The molecule has 1 atom stereocenters. The van der Waals surface area contributed by atoms with Crippen molar-refractivity contribution >= 4 is 17.7 Å². The minimum Gasteiger partial charge on any atom is -0.465 e. The van der Waals surface area contributed by atoms with Crippen LogP contribution in [0.15, 0.2) is 88.7 Å². The molecule has 0 saturated carbocycles. The zero-order valence-corrected chi connectivity index (χ0v) is 21.6. The SMILES string of the molecule is CCOC(=O)C1(c2ccccc2)CCN(CCC2(C#N)Cc3ccccc3Sc3ccccc32)CC1. The molecule has 1 saturated heterocycles. The van der Waals surface area contributed by atoms with Gasteiger partial charge in [0.1, 0.15) is 0 Å². The summed E-state index contributed by atoms with van der Waals surface area (Å²) in [5.74, 6) is -0.115. The predicted octanol–water partition coefficient (Wildman–Crippen LogP) is 6.14. The predicted molar refractivity (Wildman–Crippen MR) is 143 cm³/mol. The summed E-state index contributed by atoms with van der Waals surface area (Å²) in [6.07, 6.45) is 2.93. The van der Waals surface area contributed by atoms with E-state index in [1.54, 1.807) is 11.8 Å². The van der Waals surface area contributed by atoms with Gasteiger partial charge in [0.05, 0.1) is 23.5 Å². The first-order valence-electron chi connectivity index (χ1n) is 12.8. The number of fused-ring (bicyclic) bond motifs is 2. The average Bonchev–Trinajstić information content (AvgIpc) is 3.07. The highest BCUT2D eigenvalue weighted by Crippen LogP contribution is 2.46. The lowest BCUT2D eigenvalue weighted by molar-refractivity contribution is -0.152. The third-order valence-electron chi connectivity index (χ3n) is 7.86. The van der Waals surface area contributed by atoms with E-state index in [1.807, 2.05) is 25.1 Å². The maximum Gasteiger partial charge on any atom is 0.316 e. The topological polar surface area (TPSA) is 53.3 Å². The fourth-order valence-corrected chi connectivity index (χ4v) is 6.94. The molecule has 2 heterocycles. The van der Waals surface area contributed by atoms with Gasteiger partial charge in [0.2, 0.25) is 0 Å². The first-order chi connectivity index (χ1) is 17.6. The normalized spacial score (nSPS) is 20.9. The van der Waals surface area contributed by atoms with Gasteiger partial charge in [0.25, 0.3) is 0 Å². The number of nitrogens with zero attached hydrogens (tertiary/aromatic N) is 2. The molecular weight excluding hydrogens is 464 g/mol. The second kappa shape index (κ2) is 10.5. The Bertz CT molecular complexity index is 1260. The number of esters is 1. The molecule has 0 spiro atoms. The number of hydrogen-bond acceptors (Lipinski definition) is 5. The highest BCUT2D eigenvalue weighted by Gasteiger charge is 2.45. The van der Waals surface area contributed by atoms with E-state index in [0.717, 1.165) is 50.0 Å². The molecule has 0 amide bonds. The molecule has 0 N–H and O–H groups in total. The summed E-state index contributed by atoms with van der Waals surface area (Å²) in [5, 5.41) is 10.6. The Balaban J connectivity index is 1.36. The van der Waals surface area contributed by atoms with E-state index in [4.69, 9.17) is 4.74 Å². The van der Waals surface area contributed by atoms with Crippen LogP contribution in [0, 0.1) is 11.3 Å². The molecule has 0 radical (unpaired) electrons. The van der Waals surface area contributed by atoms with Gasteiger partial charge in [-0.3, -0.25) is 4.79 Å². The van der Waals surface area contributed by atoms with E-state index in [0.29, 0.717) is 13.0 Å². The summed E-state index contributed by atoms with van der Waals surface area (Å²) in [6, 6.07) is 29.7. The van der Waals surface area contributed by atoms with Crippen LogP contribution in [0.2, 0.25) is 0 Å². The highest BCUT2D eigenvalue weighted by molar-refractivity contribution is 7.99. The molecule has 5 heteroatoms. The minimum absolute atomic E-state index is 0.115. The molecule has 184 valence electrons. The van der Waals surface area contributed by atoms with Crippen molar-refractivity contribution in [3.8, 4) is 6.07 Å². The van der Waals surface area contributed by atoms with E-state index < -0.39 is 10.8 Å². The maximum atomic E-state index is 13.1. The zero-order valence-electron chi connectivity index (χ0n) is 20.8. The number of hydrogen-bond donors (Lipinski definition) is 0. The molecule has 1 fully saturated rings. The first kappa shape index (κ1) is 24.6. The summed E-state index contributed by atoms with van der Waals surface area (Å²) >= 11 is 1.77. The van der Waals surface area contributed by atoms with E-state index >= 15 is 0 Å². The van der Waals surface area contributed by atoms with Gasteiger partial charge in [-0.1, -0.05) is 78.5 Å². The summed E-state index contributed by atoms with van der Waals surface area (Å²) in [5.41, 5.74) is 2.25. The quantitative estimate of drug-likeness (QED) is 0.384. The largest absolute Gasteiger partial charge is 0.465 e. The van der Waals surface area contributed by atoms with Crippen LogP contribution in [0.4, 0.5) is 0 Å². The highest BCUT2D eigenvalue weighted by atomic mass is 32.2. The molecule has 0 aliphatic carbocycles. The average molecular weight is 497 g/mol. The van der Waals surface area contributed by atoms with Crippen molar-refractivity contribution in [1.82, 2.24) is 4.90 Å². The van der Waals surface area contributed by atoms with Crippen molar-refractivity contribution < 1.29 is 9.53 Å². The van der Waals surface area contributed by atoms with Gasteiger partial charge in [0, 0.05) is 9.79 Å². The molecule has 3 aromatic carbocycles. The zero-order chi connectivity index (χ0) is 25.0. The molecule has 36 heavy (non-hydrogen) atoms. The lowest BCUT2D eigenvalue weighted by atomic mass is 9.72. The van der Waals surface area contributed by atoms with E-state index in [9.17, 15) is 10.1 Å². The van der Waals surface area contributed by atoms with Crippen molar-refractivity contribution in [2.45, 2.75) is 53.2 Å². The fraction of sp³-hybridized carbons (Fsp3) is 0.355. The maximum absolute atomic E-state index is 13.1. The van der Waals surface area contributed by atoms with E-state index in [2.05, 4.69) is 71.6 Å². The summed E-state index contributed by atoms with van der Waals surface area (Å²) in [7, 11) is 0. The van der Waals surface area contributed by atoms with Gasteiger partial charge < -0.3 is 9.64 Å². The molecule has 4 nitrogen and oxygen atoms in total. The Labute approximate surface area is 218 Å². The number of rotatable bonds is 6. The van der Waals surface area contributed by atoms with Crippen molar-refractivity contribution in [3.63, 3.8) is 0 Å². The number of piperidine rings is 1. The van der Waals surface area contributed by atoms with Crippen LogP contribution in [0.3, 0.4) is 0 Å². The van der Waals surface area contributed by atoms with Crippen LogP contribution in [0.1, 0.15) is 42.9 Å². The van der Waals surface area contributed by atoms with Crippen LogP contribution in [0.5, 0.6) is 0 Å². The van der Waals surface area contributed by atoms with Crippen LogP contribution in [0.25, 0.3) is 0 Å². The molecule has 5 rings (SSSR count). The van der Waals surface area contributed by atoms with Crippen molar-refractivity contribution in [2.24, 2.45) is 0 Å². The van der Waals surface area contributed by atoms with E-state index in [-0.39, 0.29) is 5.97 Å². The van der Waals surface area contributed by atoms with Crippen LogP contribution < -0.4 is 0 Å². The fourth-order valence-electron chi connectivity index (χ4n) is 5.76. The molecular formula is C31H32N2O2S. The van der Waals surface area contributed by atoms with Crippen molar-refractivity contribution in [3.05, 3.63) is 95.6 Å². The van der Waals surface area contributed by atoms with Gasteiger partial charge in [-0.05, 0) is 81.1 Å².